The number of anilines is 1. The molecule has 1 rings (SSSR count). The van der Waals surface area contributed by atoms with Crippen molar-refractivity contribution < 1.29 is 9.53 Å². The van der Waals surface area contributed by atoms with Crippen molar-refractivity contribution in [1.82, 2.24) is 10.6 Å². The maximum Gasteiger partial charge on any atom is 0.221 e. The maximum atomic E-state index is 11.1. The summed E-state index contributed by atoms with van der Waals surface area (Å²) in [5.41, 5.74) is 1.82. The monoisotopic (exact) mass is 306 g/mol. The quantitative estimate of drug-likeness (QED) is 0.388. The third-order valence-corrected chi connectivity index (χ3v) is 2.75. The summed E-state index contributed by atoms with van der Waals surface area (Å²) >= 11 is 0. The Morgan fingerprint density at radius 2 is 2.09 bits per heavy atom. The highest BCUT2D eigenvalue weighted by molar-refractivity contribution is 5.88. The molecule has 1 aromatic carbocycles. The topological polar surface area (TPSA) is 74.8 Å². The number of aliphatic imine (C=N–C) groups is 1. The van der Waals surface area contributed by atoms with Crippen LogP contribution in [0.25, 0.3) is 0 Å². The molecular weight excluding hydrogens is 280 g/mol. The average Bonchev–Trinajstić information content (AvgIpc) is 2.49. The van der Waals surface area contributed by atoms with Crippen LogP contribution in [0.3, 0.4) is 0 Å². The number of hydrogen-bond acceptors (Lipinski definition) is 3. The number of hydrogen-bond donors (Lipinski definition) is 3. The van der Waals surface area contributed by atoms with Gasteiger partial charge in [-0.3, -0.25) is 4.79 Å². The normalized spacial score (nSPS) is 11.1. The highest BCUT2D eigenvalue weighted by Gasteiger charge is 2.00. The van der Waals surface area contributed by atoms with Crippen LogP contribution in [-0.4, -0.2) is 38.2 Å². The van der Waals surface area contributed by atoms with Crippen LogP contribution >= 0.6 is 0 Å². The van der Waals surface area contributed by atoms with Crippen molar-refractivity contribution in [1.29, 1.82) is 0 Å². The van der Waals surface area contributed by atoms with Gasteiger partial charge < -0.3 is 20.7 Å². The fourth-order valence-corrected chi connectivity index (χ4v) is 1.85. The van der Waals surface area contributed by atoms with Gasteiger partial charge in [0.15, 0.2) is 5.96 Å². The predicted molar refractivity (Wildman–Crippen MR) is 90.1 cm³/mol. The van der Waals surface area contributed by atoms with Crippen molar-refractivity contribution in [3.8, 4) is 0 Å². The van der Waals surface area contributed by atoms with Gasteiger partial charge >= 0.3 is 0 Å². The number of nitrogens with one attached hydrogen (secondary N) is 3. The van der Waals surface area contributed by atoms with Gasteiger partial charge in [-0.15, -0.1) is 0 Å². The number of amides is 1. The summed E-state index contributed by atoms with van der Waals surface area (Å²) in [4.78, 5) is 15.6. The fourth-order valence-electron chi connectivity index (χ4n) is 1.85. The smallest absolute Gasteiger partial charge is 0.221 e. The van der Waals surface area contributed by atoms with Crippen molar-refractivity contribution in [3.05, 3.63) is 29.8 Å². The number of carbonyl (C=O) groups excluding carboxylic acids is 1. The van der Waals surface area contributed by atoms with Gasteiger partial charge in [-0.2, -0.15) is 0 Å². The molecule has 0 aromatic heterocycles. The average molecular weight is 306 g/mol. The third-order valence-electron chi connectivity index (χ3n) is 2.75. The molecule has 0 aliphatic carbocycles. The van der Waals surface area contributed by atoms with Crippen molar-refractivity contribution >= 4 is 17.6 Å². The number of ether oxygens (including phenoxy) is 1. The lowest BCUT2D eigenvalue weighted by atomic mass is 10.2. The Labute approximate surface area is 132 Å². The molecule has 0 aliphatic rings. The molecule has 3 N–H and O–H groups in total. The van der Waals surface area contributed by atoms with Crippen molar-refractivity contribution in [2.45, 2.75) is 27.3 Å². The van der Waals surface area contributed by atoms with E-state index < -0.39 is 0 Å². The van der Waals surface area contributed by atoms with E-state index in [0.29, 0.717) is 26.3 Å². The van der Waals surface area contributed by atoms with Crippen LogP contribution in [0.2, 0.25) is 0 Å². The van der Waals surface area contributed by atoms with Gasteiger partial charge in [-0.25, -0.2) is 4.99 Å². The van der Waals surface area contributed by atoms with Crippen molar-refractivity contribution in [2.24, 2.45) is 4.99 Å². The summed E-state index contributed by atoms with van der Waals surface area (Å²) in [5.74, 6) is 0.679. The molecular formula is C16H26N4O2. The van der Waals surface area contributed by atoms with Crippen LogP contribution in [0, 0.1) is 0 Å². The second-order valence-electron chi connectivity index (χ2n) is 4.70. The molecule has 0 unspecified atom stereocenters. The number of benzene rings is 1. The first-order chi connectivity index (χ1) is 10.7. The largest absolute Gasteiger partial charge is 0.380 e. The van der Waals surface area contributed by atoms with Gasteiger partial charge in [0.25, 0.3) is 0 Å². The molecule has 1 amide bonds. The first-order valence-corrected chi connectivity index (χ1v) is 7.62. The molecule has 0 radical (unpaired) electrons. The summed E-state index contributed by atoms with van der Waals surface area (Å²) < 4.78 is 5.29. The molecule has 22 heavy (non-hydrogen) atoms. The SMILES string of the molecule is CCNC(=NCc1cccc(NC(C)=O)c1)NCCOCC. The van der Waals surface area contributed by atoms with Gasteiger partial charge in [0.05, 0.1) is 13.2 Å². The zero-order chi connectivity index (χ0) is 16.2. The van der Waals surface area contributed by atoms with Crippen LogP contribution in [0.15, 0.2) is 29.3 Å². The molecule has 0 heterocycles. The summed E-state index contributed by atoms with van der Waals surface area (Å²) in [6, 6.07) is 7.68. The molecule has 0 atom stereocenters. The van der Waals surface area contributed by atoms with E-state index in [1.54, 1.807) is 0 Å². The van der Waals surface area contributed by atoms with Gasteiger partial charge in [0.1, 0.15) is 0 Å². The maximum absolute atomic E-state index is 11.1. The first-order valence-electron chi connectivity index (χ1n) is 7.62. The van der Waals surface area contributed by atoms with E-state index >= 15 is 0 Å². The Morgan fingerprint density at radius 1 is 1.27 bits per heavy atom. The van der Waals surface area contributed by atoms with Crippen LogP contribution in [0.5, 0.6) is 0 Å². The third kappa shape index (κ3) is 7.64. The van der Waals surface area contributed by atoms with Crippen LogP contribution in [-0.2, 0) is 16.1 Å². The molecule has 122 valence electrons. The zero-order valence-corrected chi connectivity index (χ0v) is 13.6. The molecule has 0 saturated carbocycles. The minimum Gasteiger partial charge on any atom is -0.380 e. The second-order valence-corrected chi connectivity index (χ2v) is 4.70. The minimum atomic E-state index is -0.0772. The highest BCUT2D eigenvalue weighted by atomic mass is 16.5. The molecule has 0 fully saturated rings. The molecule has 6 nitrogen and oxygen atoms in total. The number of guanidine groups is 1. The standard InChI is InChI=1S/C16H26N4O2/c1-4-17-16(18-9-10-22-5-2)19-12-14-7-6-8-15(11-14)20-13(3)21/h6-8,11H,4-5,9-10,12H2,1-3H3,(H,20,21)(H2,17,18,19). The van der Waals surface area contributed by atoms with Crippen molar-refractivity contribution in [3.63, 3.8) is 0 Å². The first kappa shape index (κ1) is 18.0. The Kier molecular flexibility index (Phi) is 8.67. The minimum absolute atomic E-state index is 0.0772. The van der Waals surface area contributed by atoms with Gasteiger partial charge in [-0.1, -0.05) is 12.1 Å². The molecule has 0 saturated heterocycles. The van der Waals surface area contributed by atoms with E-state index in [1.165, 1.54) is 6.92 Å². The van der Waals surface area contributed by atoms with E-state index in [-0.39, 0.29) is 5.91 Å². The lowest BCUT2D eigenvalue weighted by Gasteiger charge is -2.11. The summed E-state index contributed by atoms with van der Waals surface area (Å²) in [7, 11) is 0. The van der Waals surface area contributed by atoms with E-state index in [1.807, 2.05) is 38.1 Å². The van der Waals surface area contributed by atoms with E-state index in [0.717, 1.165) is 23.8 Å². The van der Waals surface area contributed by atoms with E-state index in [4.69, 9.17) is 4.74 Å². The van der Waals surface area contributed by atoms with E-state index in [9.17, 15) is 4.79 Å². The number of carbonyl (C=O) groups is 1. The van der Waals surface area contributed by atoms with Crippen LogP contribution < -0.4 is 16.0 Å². The Balaban J connectivity index is 2.58. The molecule has 1 aromatic rings. The lowest BCUT2D eigenvalue weighted by molar-refractivity contribution is -0.114. The molecule has 0 spiro atoms. The lowest BCUT2D eigenvalue weighted by Crippen LogP contribution is -2.39. The molecule has 0 bridgehead atoms. The van der Waals surface area contributed by atoms with Gasteiger partial charge in [0.2, 0.25) is 5.91 Å². The zero-order valence-electron chi connectivity index (χ0n) is 13.6. The van der Waals surface area contributed by atoms with E-state index in [2.05, 4.69) is 20.9 Å². The van der Waals surface area contributed by atoms with Crippen molar-refractivity contribution in [2.75, 3.05) is 31.6 Å². The van der Waals surface area contributed by atoms with Gasteiger partial charge in [-0.05, 0) is 31.5 Å². The second kappa shape index (κ2) is 10.6. The predicted octanol–water partition coefficient (Wildman–Crippen LogP) is 1.74. The summed E-state index contributed by atoms with van der Waals surface area (Å²) in [6.45, 7) is 8.91. The van der Waals surface area contributed by atoms with Crippen LogP contribution in [0.4, 0.5) is 5.69 Å². The fraction of sp³-hybridized carbons (Fsp3) is 0.500. The highest BCUT2D eigenvalue weighted by Crippen LogP contribution is 2.11. The summed E-state index contributed by atoms with van der Waals surface area (Å²) in [6.07, 6.45) is 0. The Hall–Kier alpha value is -2.08. The number of nitrogens with zero attached hydrogens (tertiary/aromatic N) is 1. The Bertz CT molecular complexity index is 489. The molecule has 6 heteroatoms. The summed E-state index contributed by atoms with van der Waals surface area (Å²) in [5, 5.41) is 9.18. The Morgan fingerprint density at radius 3 is 2.77 bits per heavy atom. The van der Waals surface area contributed by atoms with Crippen LogP contribution in [0.1, 0.15) is 26.3 Å². The molecule has 0 aliphatic heterocycles. The number of rotatable bonds is 8. The van der Waals surface area contributed by atoms with Gasteiger partial charge in [0, 0.05) is 32.3 Å².